The Bertz CT molecular complexity index is 908. The summed E-state index contributed by atoms with van der Waals surface area (Å²) in [7, 11) is 0. The van der Waals surface area contributed by atoms with Crippen LogP contribution in [0.15, 0.2) is 52.7 Å². The van der Waals surface area contributed by atoms with Gasteiger partial charge in [0.2, 0.25) is 5.91 Å². The lowest BCUT2D eigenvalue weighted by atomic mass is 10.1. The second-order valence-electron chi connectivity index (χ2n) is 6.93. The highest BCUT2D eigenvalue weighted by Gasteiger charge is 2.37. The second-order valence-corrected chi connectivity index (χ2v) is 8.10. The molecule has 0 aromatic heterocycles. The van der Waals surface area contributed by atoms with E-state index in [0.29, 0.717) is 11.7 Å². The largest absolute Gasteiger partial charge is 0.284 e. The zero-order chi connectivity index (χ0) is 20.1. The zero-order valence-electron chi connectivity index (χ0n) is 16.4. The average Bonchev–Trinajstić information content (AvgIpc) is 2.95. The third-order valence-electron chi connectivity index (χ3n) is 4.59. The van der Waals surface area contributed by atoms with Gasteiger partial charge in [-0.3, -0.25) is 9.69 Å². The minimum absolute atomic E-state index is 0.0386. The van der Waals surface area contributed by atoms with E-state index in [9.17, 15) is 9.18 Å². The molecule has 1 amide bonds. The van der Waals surface area contributed by atoms with Gasteiger partial charge in [-0.15, -0.1) is 5.10 Å². The van der Waals surface area contributed by atoms with Crippen LogP contribution >= 0.6 is 11.8 Å². The topological polar surface area (TPSA) is 45.0 Å². The Morgan fingerprint density at radius 1 is 1.18 bits per heavy atom. The van der Waals surface area contributed by atoms with E-state index in [0.717, 1.165) is 29.5 Å². The fourth-order valence-corrected chi connectivity index (χ4v) is 4.27. The smallest absolute Gasteiger partial charge is 0.242 e. The normalized spacial score (nSPS) is 18.6. The van der Waals surface area contributed by atoms with Crippen LogP contribution in [0.1, 0.15) is 42.0 Å². The van der Waals surface area contributed by atoms with Crippen molar-refractivity contribution in [3.05, 3.63) is 70.5 Å². The molecule has 1 unspecified atom stereocenters. The van der Waals surface area contributed by atoms with Crippen molar-refractivity contribution < 1.29 is 9.18 Å². The third kappa shape index (κ3) is 4.87. The minimum atomic E-state index is -0.290. The summed E-state index contributed by atoms with van der Waals surface area (Å²) in [5.41, 5.74) is 4.19. The summed E-state index contributed by atoms with van der Waals surface area (Å²) >= 11 is 1.45. The molecule has 0 bridgehead atoms. The van der Waals surface area contributed by atoms with Crippen molar-refractivity contribution in [1.82, 2.24) is 4.90 Å². The summed E-state index contributed by atoms with van der Waals surface area (Å²) in [5.74, 6) is -0.252. The zero-order valence-corrected chi connectivity index (χ0v) is 17.2. The van der Waals surface area contributed by atoms with E-state index in [1.165, 1.54) is 29.5 Å². The van der Waals surface area contributed by atoms with Gasteiger partial charge in [-0.2, -0.15) is 5.10 Å². The molecule has 1 heterocycles. The van der Waals surface area contributed by atoms with Gasteiger partial charge in [0.25, 0.3) is 0 Å². The van der Waals surface area contributed by atoms with Crippen LogP contribution in [-0.2, 0) is 11.3 Å². The molecule has 28 heavy (non-hydrogen) atoms. The van der Waals surface area contributed by atoms with Crippen LogP contribution in [0.25, 0.3) is 0 Å². The van der Waals surface area contributed by atoms with Gasteiger partial charge in [-0.1, -0.05) is 61.0 Å². The van der Waals surface area contributed by atoms with Crippen LogP contribution in [0, 0.1) is 19.7 Å². The number of aryl methyl sites for hydroxylation is 2. The van der Waals surface area contributed by atoms with Crippen LogP contribution < -0.4 is 0 Å². The number of benzene rings is 2. The number of carbonyl (C=O) groups excluding carboxylic acids is 1. The van der Waals surface area contributed by atoms with Gasteiger partial charge in [-0.05, 0) is 49.1 Å². The molecule has 1 atom stereocenters. The van der Waals surface area contributed by atoms with Gasteiger partial charge in [0.1, 0.15) is 5.82 Å². The van der Waals surface area contributed by atoms with E-state index < -0.39 is 0 Å². The Morgan fingerprint density at radius 2 is 1.93 bits per heavy atom. The summed E-state index contributed by atoms with van der Waals surface area (Å²) in [6.45, 7) is 6.51. The lowest BCUT2D eigenvalue weighted by Crippen LogP contribution is -2.31. The maximum absolute atomic E-state index is 13.2. The van der Waals surface area contributed by atoms with E-state index in [4.69, 9.17) is 0 Å². The van der Waals surface area contributed by atoms with Gasteiger partial charge in [0.15, 0.2) is 5.17 Å². The van der Waals surface area contributed by atoms with Crippen molar-refractivity contribution in [2.75, 3.05) is 0 Å². The molecule has 1 aliphatic rings. The van der Waals surface area contributed by atoms with E-state index in [1.807, 2.05) is 19.1 Å². The Hall–Kier alpha value is -2.47. The van der Waals surface area contributed by atoms with Gasteiger partial charge >= 0.3 is 0 Å². The molecule has 0 radical (unpaired) electrons. The van der Waals surface area contributed by atoms with Crippen molar-refractivity contribution in [3.63, 3.8) is 0 Å². The summed E-state index contributed by atoms with van der Waals surface area (Å²) < 4.78 is 13.2. The van der Waals surface area contributed by atoms with Gasteiger partial charge in [0, 0.05) is 0 Å². The van der Waals surface area contributed by atoms with Crippen molar-refractivity contribution in [1.29, 1.82) is 0 Å². The molecule has 3 rings (SSSR count). The predicted octanol–water partition coefficient (Wildman–Crippen LogP) is 5.08. The number of carbonyl (C=O) groups is 1. The van der Waals surface area contributed by atoms with Crippen LogP contribution in [0.2, 0.25) is 0 Å². The highest BCUT2D eigenvalue weighted by molar-refractivity contribution is 8.15. The Morgan fingerprint density at radius 3 is 2.61 bits per heavy atom. The van der Waals surface area contributed by atoms with Gasteiger partial charge in [0.05, 0.1) is 18.0 Å². The van der Waals surface area contributed by atoms with Crippen LogP contribution in [-0.4, -0.2) is 27.4 Å². The first-order valence-corrected chi connectivity index (χ1v) is 10.3. The molecule has 1 fully saturated rings. The number of amidine groups is 1. The third-order valence-corrected chi connectivity index (χ3v) is 5.82. The average molecular weight is 398 g/mol. The first-order valence-electron chi connectivity index (χ1n) is 9.38. The van der Waals surface area contributed by atoms with E-state index in [2.05, 4.69) is 30.1 Å². The molecule has 4 nitrogen and oxygen atoms in total. The van der Waals surface area contributed by atoms with E-state index >= 15 is 0 Å². The van der Waals surface area contributed by atoms with Gasteiger partial charge in [-0.25, -0.2) is 4.39 Å². The molecule has 0 spiro atoms. The summed E-state index contributed by atoms with van der Waals surface area (Å²) in [6, 6.07) is 12.3. The predicted molar refractivity (Wildman–Crippen MR) is 114 cm³/mol. The van der Waals surface area contributed by atoms with Crippen LogP contribution in [0.3, 0.4) is 0 Å². The molecule has 0 N–H and O–H groups in total. The standard InChI is InChI=1S/C22H24FN3OS/c1-4-5-20-21(27)26(14-17-7-10-19(23)11-8-17)22(28-20)25-24-13-18-9-6-15(2)12-16(18)3/h6-13,20H,4-5,14H2,1-3H3. The fraction of sp³-hybridized carbons (Fsp3) is 0.318. The van der Waals surface area contributed by atoms with Crippen molar-refractivity contribution in [2.24, 2.45) is 10.2 Å². The van der Waals surface area contributed by atoms with Gasteiger partial charge < -0.3 is 0 Å². The number of nitrogens with zero attached hydrogens (tertiary/aromatic N) is 3. The van der Waals surface area contributed by atoms with Crippen molar-refractivity contribution >= 4 is 29.1 Å². The molecular formula is C22H24FN3OS. The molecule has 1 saturated heterocycles. The van der Waals surface area contributed by atoms with E-state index in [1.54, 1.807) is 23.2 Å². The van der Waals surface area contributed by atoms with Crippen LogP contribution in [0.5, 0.6) is 0 Å². The second kappa shape index (κ2) is 9.15. The number of thioether (sulfide) groups is 1. The fourth-order valence-electron chi connectivity index (χ4n) is 3.06. The number of hydrogen-bond donors (Lipinski definition) is 0. The van der Waals surface area contributed by atoms with Crippen molar-refractivity contribution in [3.8, 4) is 0 Å². The monoisotopic (exact) mass is 397 g/mol. The highest BCUT2D eigenvalue weighted by atomic mass is 32.2. The lowest BCUT2D eigenvalue weighted by Gasteiger charge is -2.15. The van der Waals surface area contributed by atoms with Crippen molar-refractivity contribution in [2.45, 2.75) is 45.4 Å². The maximum Gasteiger partial charge on any atom is 0.242 e. The minimum Gasteiger partial charge on any atom is -0.284 e. The first-order chi connectivity index (χ1) is 13.5. The number of rotatable bonds is 6. The quantitative estimate of drug-likeness (QED) is 0.504. The lowest BCUT2D eigenvalue weighted by molar-refractivity contribution is -0.126. The number of halogens is 1. The number of hydrogen-bond acceptors (Lipinski definition) is 4. The molecular weight excluding hydrogens is 373 g/mol. The molecule has 0 saturated carbocycles. The highest BCUT2D eigenvalue weighted by Crippen LogP contribution is 2.31. The molecule has 2 aromatic carbocycles. The summed E-state index contributed by atoms with van der Waals surface area (Å²) in [6.07, 6.45) is 3.44. The maximum atomic E-state index is 13.2. The molecule has 146 valence electrons. The summed E-state index contributed by atoms with van der Waals surface area (Å²) in [5, 5.41) is 9.03. The summed E-state index contributed by atoms with van der Waals surface area (Å²) in [4.78, 5) is 14.5. The molecule has 6 heteroatoms. The molecule has 2 aromatic rings. The Kier molecular flexibility index (Phi) is 6.62. The Balaban J connectivity index is 1.82. The SMILES string of the molecule is CCCC1SC(=NN=Cc2ccc(C)cc2C)N(Cc2ccc(F)cc2)C1=O. The van der Waals surface area contributed by atoms with Crippen LogP contribution in [0.4, 0.5) is 4.39 Å². The molecule has 0 aliphatic carbocycles. The van der Waals surface area contributed by atoms with E-state index in [-0.39, 0.29) is 17.0 Å². The molecule has 1 aliphatic heterocycles. The Labute approximate surface area is 169 Å². The number of amides is 1. The first kappa shape index (κ1) is 20.3.